The van der Waals surface area contributed by atoms with E-state index in [0.29, 0.717) is 5.69 Å². The van der Waals surface area contributed by atoms with Crippen molar-refractivity contribution < 1.29 is 19.7 Å². The quantitative estimate of drug-likeness (QED) is 0.481. The minimum absolute atomic E-state index is 0.229. The molecule has 0 aliphatic carbocycles. The maximum atomic E-state index is 10.9. The van der Waals surface area contributed by atoms with Gasteiger partial charge in [0.05, 0.1) is 19.5 Å². The van der Waals surface area contributed by atoms with E-state index in [1.807, 2.05) is 0 Å². The van der Waals surface area contributed by atoms with Crippen molar-refractivity contribution in [2.45, 2.75) is 18.8 Å². The topological polar surface area (TPSA) is 107 Å². The van der Waals surface area contributed by atoms with E-state index in [2.05, 4.69) is 20.0 Å². The number of H-pyrrole nitrogens is 1. The highest BCUT2D eigenvalue weighted by molar-refractivity contribution is 5.67. The van der Waals surface area contributed by atoms with Crippen molar-refractivity contribution >= 4 is 6.09 Å². The third-order valence-corrected chi connectivity index (χ3v) is 1.84. The first kappa shape index (κ1) is 11.5. The minimum atomic E-state index is -1.66. The molecule has 0 radical (unpaired) electrons. The third-order valence-electron chi connectivity index (χ3n) is 1.84. The monoisotopic (exact) mass is 215 g/mol. The minimum Gasteiger partial charge on any atom is -0.453 e. The van der Waals surface area contributed by atoms with Gasteiger partial charge in [-0.25, -0.2) is 9.78 Å². The van der Waals surface area contributed by atoms with E-state index in [4.69, 9.17) is 10.2 Å². The standard InChI is InChI=1S/C8H13N3O4/c1-15-8(14)11-6(7(12)13)2-5-3-9-4-10-5/h3-4,6-7,12-13H,2H2,1H3,(H,9,10)(H,11,14). The van der Waals surface area contributed by atoms with Gasteiger partial charge in [0.2, 0.25) is 0 Å². The number of ether oxygens (including phenoxy) is 1. The molecule has 1 amide bonds. The number of carbonyl (C=O) groups excluding carboxylic acids is 1. The summed E-state index contributed by atoms with van der Waals surface area (Å²) >= 11 is 0. The van der Waals surface area contributed by atoms with E-state index in [0.717, 1.165) is 0 Å². The van der Waals surface area contributed by atoms with Gasteiger partial charge in [-0.2, -0.15) is 0 Å². The average Bonchev–Trinajstić information content (AvgIpc) is 2.69. The van der Waals surface area contributed by atoms with Crippen molar-refractivity contribution in [3.8, 4) is 0 Å². The van der Waals surface area contributed by atoms with Gasteiger partial charge in [0.25, 0.3) is 0 Å². The summed E-state index contributed by atoms with van der Waals surface area (Å²) in [5.41, 5.74) is 0.685. The molecule has 0 aromatic carbocycles. The molecule has 0 fully saturated rings. The normalized spacial score (nSPS) is 12.5. The Morgan fingerprint density at radius 1 is 1.73 bits per heavy atom. The van der Waals surface area contributed by atoms with E-state index < -0.39 is 18.4 Å². The predicted octanol–water partition coefficient (Wildman–Crippen LogP) is -1.01. The van der Waals surface area contributed by atoms with Crippen molar-refractivity contribution in [2.75, 3.05) is 7.11 Å². The van der Waals surface area contributed by atoms with E-state index >= 15 is 0 Å². The van der Waals surface area contributed by atoms with E-state index in [1.54, 1.807) is 0 Å². The van der Waals surface area contributed by atoms with Crippen LogP contribution in [0.5, 0.6) is 0 Å². The summed E-state index contributed by atoms with van der Waals surface area (Å²) in [4.78, 5) is 17.4. The molecule has 0 aliphatic rings. The van der Waals surface area contributed by atoms with Crippen LogP contribution < -0.4 is 5.32 Å². The molecule has 0 saturated heterocycles. The number of aliphatic hydroxyl groups is 2. The van der Waals surface area contributed by atoms with Crippen molar-refractivity contribution in [3.05, 3.63) is 18.2 Å². The second-order valence-electron chi connectivity index (χ2n) is 2.94. The van der Waals surface area contributed by atoms with Gasteiger partial charge in [0, 0.05) is 18.3 Å². The van der Waals surface area contributed by atoms with E-state index in [9.17, 15) is 4.79 Å². The molecule has 1 heterocycles. The number of aliphatic hydroxyl groups excluding tert-OH is 1. The lowest BCUT2D eigenvalue weighted by Crippen LogP contribution is -2.44. The van der Waals surface area contributed by atoms with Crippen LogP contribution >= 0.6 is 0 Å². The number of carbonyl (C=O) groups is 1. The number of nitrogens with zero attached hydrogens (tertiary/aromatic N) is 1. The Hall–Kier alpha value is -1.60. The zero-order valence-corrected chi connectivity index (χ0v) is 8.17. The first-order chi connectivity index (χ1) is 7.13. The Labute approximate surface area is 86.1 Å². The fraction of sp³-hybridized carbons (Fsp3) is 0.500. The zero-order valence-electron chi connectivity index (χ0n) is 8.17. The summed E-state index contributed by atoms with van der Waals surface area (Å²) in [5.74, 6) is 0. The van der Waals surface area contributed by atoms with Gasteiger partial charge >= 0.3 is 6.09 Å². The average molecular weight is 215 g/mol. The maximum absolute atomic E-state index is 10.9. The molecule has 1 unspecified atom stereocenters. The summed E-state index contributed by atoms with van der Waals surface area (Å²) in [7, 11) is 1.20. The third kappa shape index (κ3) is 3.56. The number of hydrogen-bond donors (Lipinski definition) is 4. The van der Waals surface area contributed by atoms with Gasteiger partial charge in [0.1, 0.15) is 0 Å². The Kier molecular flexibility index (Phi) is 4.07. The van der Waals surface area contributed by atoms with Crippen molar-refractivity contribution in [2.24, 2.45) is 0 Å². The van der Waals surface area contributed by atoms with Gasteiger partial charge < -0.3 is 25.3 Å². The van der Waals surface area contributed by atoms with Gasteiger partial charge in [-0.05, 0) is 0 Å². The molecule has 7 heteroatoms. The Morgan fingerprint density at radius 3 is 2.93 bits per heavy atom. The lowest BCUT2D eigenvalue weighted by molar-refractivity contribution is -0.0656. The van der Waals surface area contributed by atoms with Crippen molar-refractivity contribution in [1.29, 1.82) is 0 Å². The molecular weight excluding hydrogens is 202 g/mol. The maximum Gasteiger partial charge on any atom is 0.407 e. The molecule has 15 heavy (non-hydrogen) atoms. The van der Waals surface area contributed by atoms with Gasteiger partial charge in [-0.1, -0.05) is 0 Å². The Bertz CT molecular complexity index is 299. The molecule has 1 aromatic heterocycles. The Balaban J connectivity index is 2.55. The number of imidazole rings is 1. The van der Waals surface area contributed by atoms with Crippen LogP contribution in [-0.4, -0.2) is 45.7 Å². The molecule has 0 bridgehead atoms. The lowest BCUT2D eigenvalue weighted by Gasteiger charge is -2.18. The van der Waals surface area contributed by atoms with E-state index in [1.165, 1.54) is 19.6 Å². The van der Waals surface area contributed by atoms with Crippen LogP contribution in [0, 0.1) is 0 Å². The second kappa shape index (κ2) is 5.32. The molecule has 0 saturated carbocycles. The molecule has 4 N–H and O–H groups in total. The van der Waals surface area contributed by atoms with Crippen LogP contribution in [0.15, 0.2) is 12.5 Å². The summed E-state index contributed by atoms with van der Waals surface area (Å²) in [6.45, 7) is 0. The Morgan fingerprint density at radius 2 is 2.47 bits per heavy atom. The highest BCUT2D eigenvalue weighted by atomic mass is 16.5. The van der Waals surface area contributed by atoms with Crippen LogP contribution in [0.4, 0.5) is 4.79 Å². The summed E-state index contributed by atoms with van der Waals surface area (Å²) < 4.78 is 4.35. The number of nitrogens with one attached hydrogen (secondary N) is 2. The largest absolute Gasteiger partial charge is 0.453 e. The predicted molar refractivity (Wildman–Crippen MR) is 49.8 cm³/mol. The first-order valence-corrected chi connectivity index (χ1v) is 4.31. The van der Waals surface area contributed by atoms with Crippen LogP contribution in [0.2, 0.25) is 0 Å². The fourth-order valence-electron chi connectivity index (χ4n) is 1.07. The molecule has 7 nitrogen and oxygen atoms in total. The smallest absolute Gasteiger partial charge is 0.407 e. The SMILES string of the molecule is COC(=O)NC(Cc1cnc[nH]1)C(O)O. The summed E-state index contributed by atoms with van der Waals surface area (Å²) in [6.07, 6.45) is 0.857. The summed E-state index contributed by atoms with van der Waals surface area (Å²) in [5, 5.41) is 20.3. The first-order valence-electron chi connectivity index (χ1n) is 4.31. The molecule has 0 aliphatic heterocycles. The number of aromatic amines is 1. The fourth-order valence-corrected chi connectivity index (χ4v) is 1.07. The van der Waals surface area contributed by atoms with E-state index in [-0.39, 0.29) is 6.42 Å². The zero-order chi connectivity index (χ0) is 11.3. The van der Waals surface area contributed by atoms with Crippen LogP contribution in [-0.2, 0) is 11.2 Å². The number of methoxy groups -OCH3 is 1. The van der Waals surface area contributed by atoms with Gasteiger partial charge in [-0.15, -0.1) is 0 Å². The number of alkyl carbamates (subject to hydrolysis) is 1. The number of aromatic nitrogens is 2. The highest BCUT2D eigenvalue weighted by Crippen LogP contribution is 2.01. The molecule has 1 rings (SSSR count). The number of amides is 1. The number of rotatable bonds is 4. The van der Waals surface area contributed by atoms with Crippen molar-refractivity contribution in [1.82, 2.24) is 15.3 Å². The lowest BCUT2D eigenvalue weighted by atomic mass is 10.1. The molecule has 1 atom stereocenters. The highest BCUT2D eigenvalue weighted by Gasteiger charge is 2.20. The van der Waals surface area contributed by atoms with Crippen LogP contribution in [0.25, 0.3) is 0 Å². The second-order valence-corrected chi connectivity index (χ2v) is 2.94. The summed E-state index contributed by atoms with van der Waals surface area (Å²) in [6, 6.07) is -0.835. The molecular formula is C8H13N3O4. The molecule has 84 valence electrons. The molecule has 0 spiro atoms. The van der Waals surface area contributed by atoms with Crippen LogP contribution in [0.3, 0.4) is 0 Å². The molecule has 1 aromatic rings. The van der Waals surface area contributed by atoms with Gasteiger partial charge in [0.15, 0.2) is 6.29 Å². The van der Waals surface area contributed by atoms with Crippen molar-refractivity contribution in [3.63, 3.8) is 0 Å². The van der Waals surface area contributed by atoms with Crippen LogP contribution in [0.1, 0.15) is 5.69 Å². The van der Waals surface area contributed by atoms with Gasteiger partial charge in [-0.3, -0.25) is 0 Å². The number of hydrogen-bond acceptors (Lipinski definition) is 5.